The Bertz CT molecular complexity index is 808. The van der Waals surface area contributed by atoms with Gasteiger partial charge >= 0.3 is 6.09 Å². The Labute approximate surface area is 161 Å². The van der Waals surface area contributed by atoms with Crippen molar-refractivity contribution in [3.05, 3.63) is 64.1 Å². The van der Waals surface area contributed by atoms with E-state index in [1.54, 1.807) is 0 Å². The molecule has 1 aliphatic heterocycles. The number of hydrogen-bond donors (Lipinski definition) is 1. The summed E-state index contributed by atoms with van der Waals surface area (Å²) in [7, 11) is 0. The van der Waals surface area contributed by atoms with Crippen LogP contribution in [0.4, 0.5) is 10.5 Å². The second-order valence-corrected chi connectivity index (χ2v) is 7.61. The molecule has 2 aromatic rings. The summed E-state index contributed by atoms with van der Waals surface area (Å²) in [6.45, 7) is 4.19. The Morgan fingerprint density at radius 1 is 1.27 bits per heavy atom. The van der Waals surface area contributed by atoms with Crippen molar-refractivity contribution in [1.29, 1.82) is 0 Å². The maximum Gasteiger partial charge on any atom is 0.411 e. The highest BCUT2D eigenvalue weighted by atomic mass is 79.9. The van der Waals surface area contributed by atoms with E-state index in [0.29, 0.717) is 12.3 Å². The van der Waals surface area contributed by atoms with Crippen LogP contribution in [0.15, 0.2) is 53.0 Å². The van der Waals surface area contributed by atoms with E-state index in [1.165, 1.54) is 4.90 Å². The maximum absolute atomic E-state index is 12.8. The highest BCUT2D eigenvalue weighted by Crippen LogP contribution is 2.37. The van der Waals surface area contributed by atoms with E-state index < -0.39 is 12.1 Å². The number of rotatable bonds is 3. The molecule has 0 saturated carbocycles. The van der Waals surface area contributed by atoms with Crippen LogP contribution < -0.4 is 5.32 Å². The summed E-state index contributed by atoms with van der Waals surface area (Å²) >= 11 is 3.49. The number of amides is 2. The van der Waals surface area contributed by atoms with Crippen LogP contribution in [0.5, 0.6) is 0 Å². The second-order valence-electron chi connectivity index (χ2n) is 6.69. The summed E-state index contributed by atoms with van der Waals surface area (Å²) in [6.07, 6.45) is -0.490. The van der Waals surface area contributed by atoms with E-state index in [1.807, 2.05) is 62.4 Å². The van der Waals surface area contributed by atoms with Crippen LogP contribution in [-0.2, 0) is 9.53 Å². The molecule has 2 amide bonds. The Balaban J connectivity index is 2.08. The van der Waals surface area contributed by atoms with Crippen molar-refractivity contribution >= 4 is 33.6 Å². The molecule has 1 aliphatic rings. The number of ether oxygens (including phenoxy) is 1. The molecular formula is C20H21BrN2O3. The van der Waals surface area contributed by atoms with Crippen LogP contribution in [0.2, 0.25) is 0 Å². The standard InChI is InChI=1S/C20H21BrN2O3/c1-13(2)12-26-20(25)23-11-18(24)22-17-9-8-15(21)10-16(17)19(23)14-6-4-3-5-7-14/h3-10,13,19H,11-12H2,1-2H3,(H,22,24)/t19-/m0/s1. The van der Waals surface area contributed by atoms with Gasteiger partial charge in [0.1, 0.15) is 6.54 Å². The van der Waals surface area contributed by atoms with Gasteiger partial charge in [0, 0.05) is 15.7 Å². The number of carbonyl (C=O) groups is 2. The molecule has 5 nitrogen and oxygen atoms in total. The van der Waals surface area contributed by atoms with Gasteiger partial charge in [-0.15, -0.1) is 0 Å². The van der Waals surface area contributed by atoms with Crippen molar-refractivity contribution in [2.24, 2.45) is 5.92 Å². The van der Waals surface area contributed by atoms with E-state index in [0.717, 1.165) is 15.6 Å². The van der Waals surface area contributed by atoms with E-state index in [4.69, 9.17) is 4.74 Å². The lowest BCUT2D eigenvalue weighted by Gasteiger charge is -2.30. The minimum Gasteiger partial charge on any atom is -0.449 e. The number of benzene rings is 2. The highest BCUT2D eigenvalue weighted by Gasteiger charge is 2.34. The molecule has 26 heavy (non-hydrogen) atoms. The first kappa shape index (κ1) is 18.5. The number of carbonyl (C=O) groups excluding carboxylic acids is 2. The molecule has 2 aromatic carbocycles. The number of hydrogen-bond acceptors (Lipinski definition) is 3. The van der Waals surface area contributed by atoms with Crippen molar-refractivity contribution in [2.45, 2.75) is 19.9 Å². The predicted molar refractivity (Wildman–Crippen MR) is 104 cm³/mol. The average molecular weight is 417 g/mol. The van der Waals surface area contributed by atoms with Gasteiger partial charge in [-0.1, -0.05) is 60.1 Å². The van der Waals surface area contributed by atoms with Crippen LogP contribution in [0.1, 0.15) is 31.0 Å². The van der Waals surface area contributed by atoms with Crippen molar-refractivity contribution in [3.63, 3.8) is 0 Å². The molecule has 0 aliphatic carbocycles. The summed E-state index contributed by atoms with van der Waals surface area (Å²) in [5, 5.41) is 2.89. The van der Waals surface area contributed by atoms with Gasteiger partial charge in [-0.2, -0.15) is 0 Å². The molecule has 1 N–H and O–H groups in total. The summed E-state index contributed by atoms with van der Waals surface area (Å²) in [4.78, 5) is 26.7. The molecule has 0 bridgehead atoms. The van der Waals surface area contributed by atoms with E-state index in [-0.39, 0.29) is 18.4 Å². The molecule has 6 heteroatoms. The summed E-state index contributed by atoms with van der Waals surface area (Å²) < 4.78 is 6.32. The first-order chi connectivity index (χ1) is 12.5. The lowest BCUT2D eigenvalue weighted by Crippen LogP contribution is -2.39. The van der Waals surface area contributed by atoms with E-state index in [9.17, 15) is 9.59 Å². The van der Waals surface area contributed by atoms with Crippen LogP contribution in [0.25, 0.3) is 0 Å². The molecule has 1 heterocycles. The largest absolute Gasteiger partial charge is 0.449 e. The fourth-order valence-corrected chi connectivity index (χ4v) is 3.34. The van der Waals surface area contributed by atoms with Crippen LogP contribution >= 0.6 is 15.9 Å². The molecule has 0 aromatic heterocycles. The van der Waals surface area contributed by atoms with Crippen LogP contribution in [-0.4, -0.2) is 30.1 Å². The fraction of sp³-hybridized carbons (Fsp3) is 0.300. The Morgan fingerprint density at radius 3 is 2.69 bits per heavy atom. The van der Waals surface area contributed by atoms with Crippen molar-refractivity contribution in [2.75, 3.05) is 18.5 Å². The topological polar surface area (TPSA) is 58.6 Å². The third kappa shape index (κ3) is 4.07. The minimum atomic E-state index is -0.490. The van der Waals surface area contributed by atoms with Gasteiger partial charge in [-0.3, -0.25) is 9.69 Å². The second kappa shape index (κ2) is 7.91. The molecule has 136 valence electrons. The SMILES string of the molecule is CC(C)COC(=O)N1CC(=O)Nc2ccc(Br)cc2[C@@H]1c1ccccc1. The number of fused-ring (bicyclic) bond motifs is 1. The number of nitrogens with zero attached hydrogens (tertiary/aromatic N) is 1. The zero-order valence-electron chi connectivity index (χ0n) is 14.7. The first-order valence-electron chi connectivity index (χ1n) is 8.53. The fourth-order valence-electron chi connectivity index (χ4n) is 2.96. The molecular weight excluding hydrogens is 396 g/mol. The summed E-state index contributed by atoms with van der Waals surface area (Å²) in [6, 6.07) is 14.9. The molecule has 0 saturated heterocycles. The lowest BCUT2D eigenvalue weighted by molar-refractivity contribution is -0.117. The quantitative estimate of drug-likeness (QED) is 0.795. The molecule has 1 atom stereocenters. The van der Waals surface area contributed by atoms with Crippen molar-refractivity contribution in [1.82, 2.24) is 4.90 Å². The number of halogens is 1. The van der Waals surface area contributed by atoms with Gasteiger partial charge in [0.05, 0.1) is 12.6 Å². The van der Waals surface area contributed by atoms with Crippen LogP contribution in [0, 0.1) is 5.92 Å². The summed E-state index contributed by atoms with van der Waals surface area (Å²) in [5.41, 5.74) is 2.47. The smallest absolute Gasteiger partial charge is 0.411 e. The molecule has 0 unspecified atom stereocenters. The number of nitrogens with one attached hydrogen (secondary N) is 1. The van der Waals surface area contributed by atoms with Gasteiger partial charge in [0.25, 0.3) is 0 Å². The van der Waals surface area contributed by atoms with Gasteiger partial charge in [-0.25, -0.2) is 4.79 Å². The molecule has 0 radical (unpaired) electrons. The normalized spacial score (nSPS) is 16.7. The predicted octanol–water partition coefficient (Wildman–Crippen LogP) is 4.59. The Morgan fingerprint density at radius 2 is 2.00 bits per heavy atom. The maximum atomic E-state index is 12.8. The zero-order chi connectivity index (χ0) is 18.7. The van der Waals surface area contributed by atoms with E-state index in [2.05, 4.69) is 21.2 Å². The average Bonchev–Trinajstić information content (AvgIpc) is 2.76. The third-order valence-corrected chi connectivity index (χ3v) is 4.59. The molecule has 0 fully saturated rings. The zero-order valence-corrected chi connectivity index (χ0v) is 16.3. The monoisotopic (exact) mass is 416 g/mol. The third-order valence-electron chi connectivity index (χ3n) is 4.10. The molecule has 0 spiro atoms. The van der Waals surface area contributed by atoms with Gasteiger partial charge < -0.3 is 10.1 Å². The van der Waals surface area contributed by atoms with E-state index >= 15 is 0 Å². The van der Waals surface area contributed by atoms with Crippen molar-refractivity contribution in [3.8, 4) is 0 Å². The molecule has 3 rings (SSSR count). The first-order valence-corrected chi connectivity index (χ1v) is 9.32. The summed E-state index contributed by atoms with van der Waals surface area (Å²) in [5.74, 6) is -0.0233. The van der Waals surface area contributed by atoms with Crippen molar-refractivity contribution < 1.29 is 14.3 Å². The highest BCUT2D eigenvalue weighted by molar-refractivity contribution is 9.10. The Kier molecular flexibility index (Phi) is 5.61. The minimum absolute atomic E-state index is 0.0667. The van der Waals surface area contributed by atoms with Gasteiger partial charge in [0.2, 0.25) is 5.91 Å². The number of anilines is 1. The van der Waals surface area contributed by atoms with Gasteiger partial charge in [0.15, 0.2) is 0 Å². The lowest BCUT2D eigenvalue weighted by atomic mass is 9.96. The Hall–Kier alpha value is -2.34. The van der Waals surface area contributed by atoms with Gasteiger partial charge in [-0.05, 0) is 29.7 Å². The van der Waals surface area contributed by atoms with Crippen LogP contribution in [0.3, 0.4) is 0 Å².